The molecule has 1 aromatic heterocycles. The molecule has 0 saturated carbocycles. The number of alkyl halides is 1. The van der Waals surface area contributed by atoms with E-state index in [1.54, 1.807) is 12.3 Å². The predicted octanol–water partition coefficient (Wildman–Crippen LogP) is 1.58. The molecule has 0 spiro atoms. The highest BCUT2D eigenvalue weighted by Gasteiger charge is 2.41. The molecule has 2 unspecified atom stereocenters. The molecule has 1 saturated heterocycles. The number of hydrogen-bond donors (Lipinski definition) is 1. The van der Waals surface area contributed by atoms with E-state index in [-0.39, 0.29) is 5.91 Å². The van der Waals surface area contributed by atoms with Crippen LogP contribution in [0.3, 0.4) is 0 Å². The fraction of sp³-hybridized carbons (Fsp3) is 0.154. The van der Waals surface area contributed by atoms with E-state index in [1.165, 1.54) is 0 Å². The third-order valence-corrected chi connectivity index (χ3v) is 3.54. The Morgan fingerprint density at radius 2 is 1.94 bits per heavy atom. The number of fused-ring (bicyclic) bond motifs is 1. The van der Waals surface area contributed by atoms with Gasteiger partial charge < -0.3 is 0 Å². The minimum atomic E-state index is -0.858. The van der Waals surface area contributed by atoms with E-state index < -0.39 is 17.2 Å². The Balaban J connectivity index is 2.20. The Bertz CT molecular complexity index is 651. The van der Waals surface area contributed by atoms with Crippen molar-refractivity contribution in [3.8, 4) is 0 Å². The van der Waals surface area contributed by atoms with E-state index >= 15 is 0 Å². The number of nitrogens with zero attached hydrogens (tertiary/aromatic N) is 1. The van der Waals surface area contributed by atoms with Crippen molar-refractivity contribution in [3.05, 3.63) is 42.1 Å². The maximum Gasteiger partial charge on any atom is 0.245 e. The quantitative estimate of drug-likeness (QED) is 0.626. The molecule has 18 heavy (non-hydrogen) atoms. The molecule has 1 fully saturated rings. The number of carbonyl (C=O) groups excluding carboxylic acids is 2. The molecule has 2 amide bonds. The van der Waals surface area contributed by atoms with Crippen LogP contribution in [-0.2, 0) is 9.59 Å². The Morgan fingerprint density at radius 1 is 1.11 bits per heavy atom. The summed E-state index contributed by atoms with van der Waals surface area (Å²) in [6, 6.07) is 9.14. The van der Waals surface area contributed by atoms with Gasteiger partial charge in [-0.05, 0) is 17.7 Å². The zero-order chi connectivity index (χ0) is 12.7. The first-order valence-corrected chi connectivity index (χ1v) is 5.94. The van der Waals surface area contributed by atoms with Crippen LogP contribution in [0.1, 0.15) is 11.5 Å². The summed E-state index contributed by atoms with van der Waals surface area (Å²) < 4.78 is 0. The van der Waals surface area contributed by atoms with Crippen molar-refractivity contribution in [2.24, 2.45) is 0 Å². The summed E-state index contributed by atoms with van der Waals surface area (Å²) in [6.45, 7) is 0. The summed E-state index contributed by atoms with van der Waals surface area (Å²) in [4.78, 5) is 27.4. The van der Waals surface area contributed by atoms with Crippen LogP contribution in [0.5, 0.6) is 0 Å². The Morgan fingerprint density at radius 3 is 2.67 bits per heavy atom. The number of benzene rings is 1. The maximum atomic E-state index is 11.8. The molecular weight excluding hydrogens is 252 g/mol. The fourth-order valence-electron chi connectivity index (χ4n) is 2.25. The summed E-state index contributed by atoms with van der Waals surface area (Å²) in [5.74, 6) is -1.43. The molecule has 1 aliphatic rings. The van der Waals surface area contributed by atoms with Gasteiger partial charge in [-0.1, -0.05) is 18.2 Å². The van der Waals surface area contributed by atoms with E-state index in [0.29, 0.717) is 0 Å². The van der Waals surface area contributed by atoms with Crippen LogP contribution in [0, 0.1) is 0 Å². The SMILES string of the molecule is O=C1NC(=O)C(c2cccc3ncccc23)C1Cl. The monoisotopic (exact) mass is 260 g/mol. The summed E-state index contributed by atoms with van der Waals surface area (Å²) in [5.41, 5.74) is 1.52. The molecule has 4 nitrogen and oxygen atoms in total. The van der Waals surface area contributed by atoms with Gasteiger partial charge in [-0.3, -0.25) is 19.9 Å². The van der Waals surface area contributed by atoms with Crippen LogP contribution < -0.4 is 5.32 Å². The standard InChI is InChI=1S/C13H9ClN2O2/c14-11-10(12(17)16-13(11)18)8-3-1-5-9-7(8)4-2-6-15-9/h1-6,10-11H,(H,16,17,18). The van der Waals surface area contributed by atoms with Crippen LogP contribution in [0.15, 0.2) is 36.5 Å². The number of nitrogens with one attached hydrogen (secondary N) is 1. The second-order valence-corrected chi connectivity index (χ2v) is 4.62. The van der Waals surface area contributed by atoms with Crippen molar-refractivity contribution in [2.45, 2.75) is 11.3 Å². The van der Waals surface area contributed by atoms with Crippen LogP contribution >= 0.6 is 11.6 Å². The minimum Gasteiger partial charge on any atom is -0.295 e. The molecule has 2 aromatic rings. The number of aromatic nitrogens is 1. The summed E-state index contributed by atoms with van der Waals surface area (Å²) in [6.07, 6.45) is 1.68. The number of rotatable bonds is 1. The zero-order valence-corrected chi connectivity index (χ0v) is 10.0. The molecule has 3 rings (SSSR count). The van der Waals surface area contributed by atoms with Crippen molar-refractivity contribution in [1.82, 2.24) is 10.3 Å². The van der Waals surface area contributed by atoms with Gasteiger partial charge in [-0.25, -0.2) is 0 Å². The smallest absolute Gasteiger partial charge is 0.245 e. The fourth-order valence-corrected chi connectivity index (χ4v) is 2.55. The van der Waals surface area contributed by atoms with E-state index in [9.17, 15) is 9.59 Å². The van der Waals surface area contributed by atoms with Gasteiger partial charge in [-0.2, -0.15) is 0 Å². The third kappa shape index (κ3) is 1.57. The zero-order valence-electron chi connectivity index (χ0n) is 9.26. The Labute approximate surface area is 108 Å². The highest BCUT2D eigenvalue weighted by molar-refractivity contribution is 6.37. The molecular formula is C13H9ClN2O2. The van der Waals surface area contributed by atoms with Crippen molar-refractivity contribution >= 4 is 34.3 Å². The lowest BCUT2D eigenvalue weighted by Gasteiger charge is -2.12. The average Bonchev–Trinajstić information content (AvgIpc) is 2.63. The normalized spacial score (nSPS) is 23.4. The molecule has 0 radical (unpaired) electrons. The number of amides is 2. The van der Waals surface area contributed by atoms with E-state index in [0.717, 1.165) is 16.5 Å². The highest BCUT2D eigenvalue weighted by atomic mass is 35.5. The van der Waals surface area contributed by atoms with Crippen molar-refractivity contribution in [2.75, 3.05) is 0 Å². The largest absolute Gasteiger partial charge is 0.295 e. The van der Waals surface area contributed by atoms with Crippen molar-refractivity contribution < 1.29 is 9.59 Å². The summed E-state index contributed by atoms with van der Waals surface area (Å²) in [5, 5.41) is 2.24. The van der Waals surface area contributed by atoms with Gasteiger partial charge in [0.25, 0.3) is 0 Å². The molecule has 1 aromatic carbocycles. The molecule has 5 heteroatoms. The van der Waals surface area contributed by atoms with Gasteiger partial charge in [0.2, 0.25) is 11.8 Å². The molecule has 2 atom stereocenters. The van der Waals surface area contributed by atoms with Gasteiger partial charge in [0.1, 0.15) is 5.38 Å². The predicted molar refractivity (Wildman–Crippen MR) is 67.3 cm³/mol. The molecule has 1 aliphatic heterocycles. The molecule has 0 aliphatic carbocycles. The van der Waals surface area contributed by atoms with Crippen molar-refractivity contribution in [1.29, 1.82) is 0 Å². The highest BCUT2D eigenvalue weighted by Crippen LogP contribution is 2.32. The van der Waals surface area contributed by atoms with Crippen LogP contribution in [0.4, 0.5) is 0 Å². The molecule has 0 bridgehead atoms. The van der Waals surface area contributed by atoms with Crippen LogP contribution in [-0.4, -0.2) is 22.2 Å². The maximum absolute atomic E-state index is 11.8. The number of halogens is 1. The van der Waals surface area contributed by atoms with E-state index in [4.69, 9.17) is 11.6 Å². The average molecular weight is 261 g/mol. The topological polar surface area (TPSA) is 59.1 Å². The number of hydrogen-bond acceptors (Lipinski definition) is 3. The number of pyridine rings is 1. The second kappa shape index (κ2) is 4.07. The van der Waals surface area contributed by atoms with Crippen LogP contribution in [0.25, 0.3) is 10.9 Å². The first kappa shape index (κ1) is 11.2. The van der Waals surface area contributed by atoms with E-state index in [1.807, 2.05) is 24.3 Å². The number of carbonyl (C=O) groups is 2. The first-order valence-electron chi connectivity index (χ1n) is 5.51. The van der Waals surface area contributed by atoms with Gasteiger partial charge in [-0.15, -0.1) is 11.6 Å². The van der Waals surface area contributed by atoms with Gasteiger partial charge in [0.05, 0.1) is 11.4 Å². The van der Waals surface area contributed by atoms with E-state index in [2.05, 4.69) is 10.3 Å². The second-order valence-electron chi connectivity index (χ2n) is 4.15. The van der Waals surface area contributed by atoms with Crippen molar-refractivity contribution in [3.63, 3.8) is 0 Å². The lowest BCUT2D eigenvalue weighted by atomic mass is 9.93. The summed E-state index contributed by atoms with van der Waals surface area (Å²) in [7, 11) is 0. The molecule has 2 heterocycles. The Kier molecular flexibility index (Phi) is 2.52. The van der Waals surface area contributed by atoms with Gasteiger partial charge in [0, 0.05) is 11.6 Å². The van der Waals surface area contributed by atoms with Crippen LogP contribution in [0.2, 0.25) is 0 Å². The first-order chi connectivity index (χ1) is 8.68. The van der Waals surface area contributed by atoms with Gasteiger partial charge >= 0.3 is 0 Å². The van der Waals surface area contributed by atoms with Gasteiger partial charge in [0.15, 0.2) is 0 Å². The molecule has 90 valence electrons. The molecule has 1 N–H and O–H groups in total. The summed E-state index contributed by atoms with van der Waals surface area (Å²) >= 11 is 6.01. The third-order valence-electron chi connectivity index (χ3n) is 3.09. The lowest BCUT2D eigenvalue weighted by molar-refractivity contribution is -0.125. The Hall–Kier alpha value is -1.94. The number of imide groups is 1. The minimum absolute atomic E-state index is 0.351. The lowest BCUT2D eigenvalue weighted by Crippen LogP contribution is -2.22.